The van der Waals surface area contributed by atoms with E-state index in [9.17, 15) is 9.59 Å². The van der Waals surface area contributed by atoms with Gasteiger partial charge in [0.15, 0.2) is 0 Å². The van der Waals surface area contributed by atoms with Crippen LogP contribution in [0.15, 0.2) is 36.5 Å². The monoisotopic (exact) mass is 270 g/mol. The third-order valence-electron chi connectivity index (χ3n) is 3.05. The van der Waals surface area contributed by atoms with Gasteiger partial charge in [0, 0.05) is 11.9 Å². The summed E-state index contributed by atoms with van der Waals surface area (Å²) in [5.41, 5.74) is 2.40. The molecule has 5 heteroatoms. The Hall–Kier alpha value is -2.69. The molecule has 1 amide bonds. The number of carboxylic acid groups (broad SMARTS) is 1. The molecule has 1 aromatic carbocycles. The van der Waals surface area contributed by atoms with Crippen molar-refractivity contribution in [1.82, 2.24) is 4.98 Å². The molecule has 20 heavy (non-hydrogen) atoms. The van der Waals surface area contributed by atoms with Gasteiger partial charge in [-0.2, -0.15) is 0 Å². The first-order valence-electron chi connectivity index (χ1n) is 6.06. The fourth-order valence-corrected chi connectivity index (χ4v) is 1.85. The van der Waals surface area contributed by atoms with Crippen molar-refractivity contribution in [3.63, 3.8) is 0 Å². The Kier molecular flexibility index (Phi) is 3.79. The lowest BCUT2D eigenvalue weighted by atomic mass is 10.0. The minimum atomic E-state index is -1.01. The Bertz CT molecular complexity index is 666. The zero-order chi connectivity index (χ0) is 14.7. The van der Waals surface area contributed by atoms with Crippen LogP contribution in [0.1, 0.15) is 32.0 Å². The van der Waals surface area contributed by atoms with Gasteiger partial charge in [-0.05, 0) is 49.2 Å². The Morgan fingerprint density at radius 3 is 2.55 bits per heavy atom. The van der Waals surface area contributed by atoms with Crippen LogP contribution >= 0.6 is 0 Å². The molecule has 2 aromatic rings. The molecule has 1 heterocycles. The topological polar surface area (TPSA) is 79.3 Å². The highest BCUT2D eigenvalue weighted by atomic mass is 16.4. The summed E-state index contributed by atoms with van der Waals surface area (Å²) in [6.07, 6.45) is 1.53. The van der Waals surface area contributed by atoms with Gasteiger partial charge in [0.1, 0.15) is 5.69 Å². The van der Waals surface area contributed by atoms with E-state index in [-0.39, 0.29) is 17.2 Å². The minimum Gasteiger partial charge on any atom is -0.478 e. The maximum atomic E-state index is 12.0. The largest absolute Gasteiger partial charge is 0.478 e. The number of carbonyl (C=O) groups is 2. The number of hydrogen-bond donors (Lipinski definition) is 2. The molecule has 0 fully saturated rings. The number of amides is 1. The number of benzene rings is 1. The number of aromatic nitrogens is 1. The molecule has 0 saturated heterocycles. The summed E-state index contributed by atoms with van der Waals surface area (Å²) in [5, 5.41) is 11.8. The number of aromatic carboxylic acids is 1. The third-order valence-corrected chi connectivity index (χ3v) is 3.05. The average Bonchev–Trinajstić information content (AvgIpc) is 2.43. The summed E-state index contributed by atoms with van der Waals surface area (Å²) in [4.78, 5) is 27.1. The summed E-state index contributed by atoms with van der Waals surface area (Å²) in [6.45, 7) is 3.54. The van der Waals surface area contributed by atoms with E-state index in [0.717, 1.165) is 5.56 Å². The van der Waals surface area contributed by atoms with Crippen LogP contribution in [0.4, 0.5) is 5.69 Å². The van der Waals surface area contributed by atoms with Crippen molar-refractivity contribution in [2.24, 2.45) is 0 Å². The molecule has 0 unspecified atom stereocenters. The standard InChI is InChI=1S/C15H14N2O3/c1-9-7-11(8-12(10(9)2)15(19)20)17-14(18)13-5-3-4-6-16-13/h3-8H,1-2H3,(H,17,18)(H,19,20). The Labute approximate surface area is 116 Å². The van der Waals surface area contributed by atoms with Gasteiger partial charge in [-0.25, -0.2) is 4.79 Å². The van der Waals surface area contributed by atoms with Crippen molar-refractivity contribution in [1.29, 1.82) is 0 Å². The number of nitrogens with one attached hydrogen (secondary N) is 1. The summed E-state index contributed by atoms with van der Waals surface area (Å²) in [6, 6.07) is 8.21. The molecule has 102 valence electrons. The second kappa shape index (κ2) is 5.52. The van der Waals surface area contributed by atoms with Crippen molar-refractivity contribution >= 4 is 17.6 Å². The van der Waals surface area contributed by atoms with E-state index >= 15 is 0 Å². The van der Waals surface area contributed by atoms with Crippen LogP contribution in [0, 0.1) is 13.8 Å². The summed E-state index contributed by atoms with van der Waals surface area (Å²) < 4.78 is 0. The highest BCUT2D eigenvalue weighted by Gasteiger charge is 2.13. The highest BCUT2D eigenvalue weighted by molar-refractivity contribution is 6.03. The molecule has 2 N–H and O–H groups in total. The van der Waals surface area contributed by atoms with E-state index in [2.05, 4.69) is 10.3 Å². The fourth-order valence-electron chi connectivity index (χ4n) is 1.85. The third kappa shape index (κ3) is 2.83. The van der Waals surface area contributed by atoms with Gasteiger partial charge in [0.2, 0.25) is 0 Å². The number of carbonyl (C=O) groups excluding carboxylic acids is 1. The Morgan fingerprint density at radius 1 is 1.20 bits per heavy atom. The predicted octanol–water partition coefficient (Wildman–Crippen LogP) is 2.65. The van der Waals surface area contributed by atoms with Gasteiger partial charge in [0.05, 0.1) is 5.56 Å². The van der Waals surface area contributed by atoms with Crippen LogP contribution in [0.2, 0.25) is 0 Å². The number of pyridine rings is 1. The molecule has 0 spiro atoms. The quantitative estimate of drug-likeness (QED) is 0.898. The smallest absolute Gasteiger partial charge is 0.336 e. The lowest BCUT2D eigenvalue weighted by Crippen LogP contribution is -2.14. The fraction of sp³-hybridized carbons (Fsp3) is 0.133. The van der Waals surface area contributed by atoms with Gasteiger partial charge in [-0.1, -0.05) is 6.07 Å². The number of nitrogens with zero attached hydrogens (tertiary/aromatic N) is 1. The first-order chi connectivity index (χ1) is 9.49. The van der Waals surface area contributed by atoms with Crippen molar-refractivity contribution in [2.75, 3.05) is 5.32 Å². The molecule has 0 aliphatic rings. The molecular formula is C15H14N2O3. The van der Waals surface area contributed by atoms with Gasteiger partial charge in [0.25, 0.3) is 5.91 Å². The van der Waals surface area contributed by atoms with Gasteiger partial charge < -0.3 is 10.4 Å². The second-order valence-corrected chi connectivity index (χ2v) is 4.44. The lowest BCUT2D eigenvalue weighted by Gasteiger charge is -2.10. The van der Waals surface area contributed by atoms with E-state index in [1.807, 2.05) is 0 Å². The molecular weight excluding hydrogens is 256 g/mol. The van der Waals surface area contributed by atoms with E-state index in [4.69, 9.17) is 5.11 Å². The lowest BCUT2D eigenvalue weighted by molar-refractivity contribution is 0.0695. The molecule has 2 rings (SSSR count). The molecule has 1 aromatic heterocycles. The molecule has 0 aliphatic heterocycles. The van der Waals surface area contributed by atoms with Crippen LogP contribution in [0.5, 0.6) is 0 Å². The van der Waals surface area contributed by atoms with Gasteiger partial charge in [-0.15, -0.1) is 0 Å². The first-order valence-corrected chi connectivity index (χ1v) is 6.06. The van der Waals surface area contributed by atoms with E-state index < -0.39 is 5.97 Å². The molecule has 0 atom stereocenters. The number of rotatable bonds is 3. The maximum absolute atomic E-state index is 12.0. The molecule has 0 saturated carbocycles. The molecule has 0 radical (unpaired) electrons. The second-order valence-electron chi connectivity index (χ2n) is 4.44. The first kappa shape index (κ1) is 13.7. The van der Waals surface area contributed by atoms with Crippen LogP contribution in [0.25, 0.3) is 0 Å². The molecule has 5 nitrogen and oxygen atoms in total. The molecule has 0 aliphatic carbocycles. The normalized spacial score (nSPS) is 10.1. The van der Waals surface area contributed by atoms with Gasteiger partial charge in [-0.3, -0.25) is 9.78 Å². The Balaban J connectivity index is 2.31. The zero-order valence-electron chi connectivity index (χ0n) is 11.2. The summed E-state index contributed by atoms with van der Waals surface area (Å²) in [7, 11) is 0. The van der Waals surface area contributed by atoms with Crippen LogP contribution in [0.3, 0.4) is 0 Å². The summed E-state index contributed by atoms with van der Waals surface area (Å²) >= 11 is 0. The van der Waals surface area contributed by atoms with E-state index in [1.165, 1.54) is 12.3 Å². The maximum Gasteiger partial charge on any atom is 0.336 e. The Morgan fingerprint density at radius 2 is 1.95 bits per heavy atom. The van der Waals surface area contributed by atoms with E-state index in [1.54, 1.807) is 38.1 Å². The van der Waals surface area contributed by atoms with Crippen LogP contribution in [-0.4, -0.2) is 22.0 Å². The zero-order valence-corrected chi connectivity index (χ0v) is 11.2. The highest BCUT2D eigenvalue weighted by Crippen LogP contribution is 2.20. The van der Waals surface area contributed by atoms with Crippen molar-refractivity contribution in [3.05, 3.63) is 58.9 Å². The minimum absolute atomic E-state index is 0.182. The molecule has 0 bridgehead atoms. The van der Waals surface area contributed by atoms with Gasteiger partial charge >= 0.3 is 5.97 Å². The number of carboxylic acids is 1. The van der Waals surface area contributed by atoms with Crippen LogP contribution in [-0.2, 0) is 0 Å². The number of anilines is 1. The van der Waals surface area contributed by atoms with Crippen molar-refractivity contribution in [3.8, 4) is 0 Å². The van der Waals surface area contributed by atoms with Crippen molar-refractivity contribution in [2.45, 2.75) is 13.8 Å². The summed E-state index contributed by atoms with van der Waals surface area (Å²) in [5.74, 6) is -1.38. The average molecular weight is 270 g/mol. The van der Waals surface area contributed by atoms with Crippen molar-refractivity contribution < 1.29 is 14.7 Å². The predicted molar refractivity (Wildman–Crippen MR) is 75.1 cm³/mol. The van der Waals surface area contributed by atoms with Crippen LogP contribution < -0.4 is 5.32 Å². The SMILES string of the molecule is Cc1cc(NC(=O)c2ccccn2)cc(C(=O)O)c1C. The number of aryl methyl sites for hydroxylation is 1. The number of hydrogen-bond acceptors (Lipinski definition) is 3. The van der Waals surface area contributed by atoms with E-state index in [0.29, 0.717) is 11.3 Å².